The molecule has 2 aromatic rings. The molecular formula is C13H7F3O3. The molecule has 0 fully saturated rings. The Bertz CT molecular complexity index is 641. The van der Waals surface area contributed by atoms with Crippen molar-refractivity contribution < 1.29 is 27.8 Å². The van der Waals surface area contributed by atoms with Gasteiger partial charge in [-0.1, -0.05) is 0 Å². The Morgan fingerprint density at radius 1 is 0.947 bits per heavy atom. The maximum absolute atomic E-state index is 13.5. The summed E-state index contributed by atoms with van der Waals surface area (Å²) in [5.41, 5.74) is -0.241. The molecule has 0 aliphatic heterocycles. The highest BCUT2D eigenvalue weighted by Gasteiger charge is 2.11. The summed E-state index contributed by atoms with van der Waals surface area (Å²) in [6.07, 6.45) is 0. The summed E-state index contributed by atoms with van der Waals surface area (Å²) >= 11 is 0. The molecule has 0 amide bonds. The fraction of sp³-hybridized carbons (Fsp3) is 0. The number of rotatable bonds is 3. The summed E-state index contributed by atoms with van der Waals surface area (Å²) in [5, 5.41) is 8.66. The molecule has 0 aromatic heterocycles. The first-order chi connectivity index (χ1) is 8.97. The van der Waals surface area contributed by atoms with Gasteiger partial charge in [0.1, 0.15) is 5.75 Å². The molecule has 0 unspecified atom stereocenters. The van der Waals surface area contributed by atoms with Crippen molar-refractivity contribution in [3.63, 3.8) is 0 Å². The van der Waals surface area contributed by atoms with Crippen LogP contribution in [0.2, 0.25) is 0 Å². The van der Waals surface area contributed by atoms with E-state index in [1.807, 2.05) is 0 Å². The van der Waals surface area contributed by atoms with Gasteiger partial charge in [0.15, 0.2) is 23.2 Å². The maximum Gasteiger partial charge on any atom is 0.335 e. The summed E-state index contributed by atoms with van der Waals surface area (Å²) in [7, 11) is 0. The summed E-state index contributed by atoms with van der Waals surface area (Å²) < 4.78 is 44.1. The number of halogens is 3. The zero-order valence-electron chi connectivity index (χ0n) is 9.36. The number of hydrogen-bond donors (Lipinski definition) is 1. The summed E-state index contributed by atoms with van der Waals surface area (Å²) in [6, 6.07) is 5.75. The molecule has 98 valence electrons. The minimum absolute atomic E-state index is 0.0964. The van der Waals surface area contributed by atoms with Gasteiger partial charge >= 0.3 is 5.97 Å². The van der Waals surface area contributed by atoms with Crippen molar-refractivity contribution in [3.8, 4) is 11.5 Å². The lowest BCUT2D eigenvalue weighted by atomic mass is 10.2. The van der Waals surface area contributed by atoms with Crippen molar-refractivity contribution in [2.24, 2.45) is 0 Å². The second-order valence-electron chi connectivity index (χ2n) is 3.63. The Morgan fingerprint density at radius 2 is 1.68 bits per heavy atom. The molecule has 3 nitrogen and oxygen atoms in total. The van der Waals surface area contributed by atoms with Crippen LogP contribution >= 0.6 is 0 Å². The van der Waals surface area contributed by atoms with Gasteiger partial charge < -0.3 is 9.84 Å². The van der Waals surface area contributed by atoms with Crippen molar-refractivity contribution in [1.29, 1.82) is 0 Å². The average Bonchev–Trinajstić information content (AvgIpc) is 2.36. The van der Waals surface area contributed by atoms with E-state index < -0.39 is 23.4 Å². The van der Waals surface area contributed by atoms with E-state index in [0.717, 1.165) is 36.4 Å². The largest absolute Gasteiger partial charge is 0.478 e. The highest BCUT2D eigenvalue weighted by atomic mass is 19.2. The number of aromatic carboxylic acids is 1. The van der Waals surface area contributed by atoms with Crippen molar-refractivity contribution in [1.82, 2.24) is 0 Å². The second-order valence-corrected chi connectivity index (χ2v) is 3.63. The van der Waals surface area contributed by atoms with Crippen LogP contribution in [-0.4, -0.2) is 11.1 Å². The highest BCUT2D eigenvalue weighted by molar-refractivity contribution is 5.87. The number of ether oxygens (including phenoxy) is 1. The predicted molar refractivity (Wildman–Crippen MR) is 59.8 cm³/mol. The highest BCUT2D eigenvalue weighted by Crippen LogP contribution is 2.26. The molecule has 2 aromatic carbocycles. The van der Waals surface area contributed by atoms with Crippen LogP contribution in [-0.2, 0) is 0 Å². The number of carbonyl (C=O) groups is 1. The lowest BCUT2D eigenvalue weighted by Gasteiger charge is -2.07. The Morgan fingerprint density at radius 3 is 2.26 bits per heavy atom. The maximum atomic E-state index is 13.5. The van der Waals surface area contributed by atoms with Crippen molar-refractivity contribution in [2.45, 2.75) is 0 Å². The smallest absolute Gasteiger partial charge is 0.335 e. The molecule has 0 aliphatic rings. The van der Waals surface area contributed by atoms with E-state index in [1.54, 1.807) is 0 Å². The number of benzene rings is 2. The Labute approximate surface area is 105 Å². The van der Waals surface area contributed by atoms with Crippen LogP contribution < -0.4 is 4.74 Å². The van der Waals surface area contributed by atoms with E-state index >= 15 is 0 Å². The molecule has 0 atom stereocenters. The lowest BCUT2D eigenvalue weighted by Crippen LogP contribution is -1.98. The first-order valence-corrected chi connectivity index (χ1v) is 5.13. The van der Waals surface area contributed by atoms with E-state index in [4.69, 9.17) is 9.84 Å². The van der Waals surface area contributed by atoms with Crippen LogP contribution in [0.3, 0.4) is 0 Å². The van der Waals surface area contributed by atoms with Gasteiger partial charge in [0.05, 0.1) is 5.56 Å². The van der Waals surface area contributed by atoms with Crippen molar-refractivity contribution in [2.75, 3.05) is 0 Å². The van der Waals surface area contributed by atoms with Gasteiger partial charge in [-0.25, -0.2) is 18.0 Å². The zero-order valence-corrected chi connectivity index (χ0v) is 9.36. The monoisotopic (exact) mass is 268 g/mol. The molecule has 0 saturated carbocycles. The third-order valence-electron chi connectivity index (χ3n) is 2.30. The molecule has 19 heavy (non-hydrogen) atoms. The van der Waals surface area contributed by atoms with Gasteiger partial charge in [0.25, 0.3) is 0 Å². The average molecular weight is 268 g/mol. The van der Waals surface area contributed by atoms with E-state index in [1.165, 1.54) is 0 Å². The molecule has 1 N–H and O–H groups in total. The second kappa shape index (κ2) is 5.01. The van der Waals surface area contributed by atoms with Gasteiger partial charge in [-0.2, -0.15) is 0 Å². The van der Waals surface area contributed by atoms with Crippen molar-refractivity contribution in [3.05, 3.63) is 59.4 Å². The Balaban J connectivity index is 2.28. The third-order valence-corrected chi connectivity index (χ3v) is 2.30. The fourth-order valence-corrected chi connectivity index (χ4v) is 1.38. The number of carboxylic acids is 1. The van der Waals surface area contributed by atoms with Gasteiger partial charge in [-0.05, 0) is 30.3 Å². The molecular weight excluding hydrogens is 261 g/mol. The predicted octanol–water partition coefficient (Wildman–Crippen LogP) is 3.59. The minimum atomic E-state index is -1.28. The van der Waals surface area contributed by atoms with E-state index in [9.17, 15) is 18.0 Å². The molecule has 0 spiro atoms. The van der Waals surface area contributed by atoms with Crippen LogP contribution in [0.5, 0.6) is 11.5 Å². The van der Waals surface area contributed by atoms with Crippen molar-refractivity contribution >= 4 is 5.97 Å². The lowest BCUT2D eigenvalue weighted by molar-refractivity contribution is 0.0696. The summed E-state index contributed by atoms with van der Waals surface area (Å²) in [6.45, 7) is 0. The van der Waals surface area contributed by atoms with Crippen LogP contribution in [0.25, 0.3) is 0 Å². The van der Waals surface area contributed by atoms with Crippen LogP contribution in [0.15, 0.2) is 36.4 Å². The van der Waals surface area contributed by atoms with E-state index in [0.29, 0.717) is 0 Å². The van der Waals surface area contributed by atoms with Gasteiger partial charge in [0.2, 0.25) is 0 Å². The normalized spacial score (nSPS) is 10.3. The van der Waals surface area contributed by atoms with Crippen LogP contribution in [0.1, 0.15) is 10.4 Å². The topological polar surface area (TPSA) is 46.5 Å². The standard InChI is InChI=1S/C13H7F3O3/c14-9-3-2-8(6-10(9)15)19-12-4-1-7(13(17)18)5-11(12)16/h1-6H,(H,17,18). The van der Waals surface area contributed by atoms with Gasteiger partial charge in [-0.3, -0.25) is 0 Å². The molecule has 2 rings (SSSR count). The van der Waals surface area contributed by atoms with Crippen LogP contribution in [0, 0.1) is 17.5 Å². The minimum Gasteiger partial charge on any atom is -0.478 e. The fourth-order valence-electron chi connectivity index (χ4n) is 1.38. The van der Waals surface area contributed by atoms with E-state index in [-0.39, 0.29) is 17.1 Å². The van der Waals surface area contributed by atoms with Gasteiger partial charge in [0, 0.05) is 6.07 Å². The number of carboxylic acid groups (broad SMARTS) is 1. The van der Waals surface area contributed by atoms with Crippen LogP contribution in [0.4, 0.5) is 13.2 Å². The molecule has 0 bridgehead atoms. The van der Waals surface area contributed by atoms with E-state index in [2.05, 4.69) is 0 Å². The third kappa shape index (κ3) is 2.85. The number of hydrogen-bond acceptors (Lipinski definition) is 2. The zero-order chi connectivity index (χ0) is 14.0. The molecule has 0 saturated heterocycles. The summed E-state index contributed by atoms with van der Waals surface area (Å²) in [4.78, 5) is 10.6. The first kappa shape index (κ1) is 12.9. The molecule has 0 radical (unpaired) electrons. The molecule has 0 aliphatic carbocycles. The van der Waals surface area contributed by atoms with Gasteiger partial charge in [-0.15, -0.1) is 0 Å². The quantitative estimate of drug-likeness (QED) is 0.925. The first-order valence-electron chi connectivity index (χ1n) is 5.13. The molecule has 6 heteroatoms. The Hall–Kier alpha value is -2.50. The molecule has 0 heterocycles. The summed E-state index contributed by atoms with van der Waals surface area (Å²) in [5.74, 6) is -4.74. The SMILES string of the molecule is O=C(O)c1ccc(Oc2ccc(F)c(F)c2)c(F)c1. The Kier molecular flexibility index (Phi) is 3.41.